The third-order valence-corrected chi connectivity index (χ3v) is 24.1. The molecule has 4 aromatic rings. The van der Waals surface area contributed by atoms with E-state index in [-0.39, 0.29) is 17.5 Å². The van der Waals surface area contributed by atoms with E-state index >= 15 is 0 Å². The van der Waals surface area contributed by atoms with E-state index in [1.807, 2.05) is 54.2 Å². The largest absolute Gasteiger partial charge is 0.506 e. The summed E-state index contributed by atoms with van der Waals surface area (Å²) in [5, 5.41) is 27.7. The summed E-state index contributed by atoms with van der Waals surface area (Å²) in [6.07, 6.45) is 59.9. The Balaban J connectivity index is 0.000000339. The molecule has 7 aliphatic carbocycles. The van der Waals surface area contributed by atoms with E-state index < -0.39 is 0 Å². The molecule has 4 saturated heterocycles. The molecule has 0 spiro atoms. The van der Waals surface area contributed by atoms with E-state index in [0.29, 0.717) is 64.8 Å². The third kappa shape index (κ3) is 55.9. The van der Waals surface area contributed by atoms with Crippen LogP contribution >= 0.6 is 11.8 Å². The minimum absolute atomic E-state index is 0.0741. The third-order valence-electron chi connectivity index (χ3n) is 23.0. The zero-order valence-electron chi connectivity index (χ0n) is 75.6. The Hall–Kier alpha value is -5.02. The maximum atomic E-state index is 10.2. The Morgan fingerprint density at radius 3 is 0.941 bits per heavy atom. The summed E-state index contributed by atoms with van der Waals surface area (Å²) in [5.41, 5.74) is 54.8. The number of pyridine rings is 2. The van der Waals surface area contributed by atoms with Crippen LogP contribution in [0.25, 0.3) is 21.8 Å². The number of phenols is 2. The van der Waals surface area contributed by atoms with E-state index in [1.54, 1.807) is 47.7 Å². The first kappa shape index (κ1) is 107. The Morgan fingerprint density at radius 2 is 0.703 bits per heavy atom. The summed E-state index contributed by atoms with van der Waals surface area (Å²) in [5.74, 6) is 4.83. The zero-order chi connectivity index (χ0) is 86.4. The predicted octanol–water partition coefficient (Wildman–Crippen LogP) is 15.3. The molecule has 21 N–H and O–H groups in total. The number of nitrogens with two attached hydrogens (primary N) is 9. The van der Waals surface area contributed by atoms with Gasteiger partial charge < -0.3 is 81.4 Å². The number of thioether (sulfide) groups is 1. The van der Waals surface area contributed by atoms with E-state index in [1.165, 1.54) is 273 Å². The average molecular weight is 1660 g/mol. The molecule has 5 aliphatic heterocycles. The highest BCUT2D eigenvalue weighted by Crippen LogP contribution is 2.29. The van der Waals surface area contributed by atoms with Gasteiger partial charge in [-0.1, -0.05) is 187 Å². The van der Waals surface area contributed by atoms with Gasteiger partial charge in [-0.3, -0.25) is 35.0 Å². The van der Waals surface area contributed by atoms with Crippen molar-refractivity contribution < 1.29 is 15.0 Å². The number of hydrogen-bond donors (Lipinski definition) is 12. The van der Waals surface area contributed by atoms with Gasteiger partial charge in [0.1, 0.15) is 22.5 Å². The molecule has 7 heterocycles. The molecular weight excluding hydrogens is 1490 g/mol. The second kappa shape index (κ2) is 67.5. The van der Waals surface area contributed by atoms with Crippen LogP contribution in [0, 0.1) is 10.8 Å². The number of likely N-dealkylation sites (N-methyl/N-ethyl adjacent to an activating group) is 3. The smallest absolute Gasteiger partial charge is 0.209 e. The van der Waals surface area contributed by atoms with Crippen LogP contribution in [0.15, 0.2) is 84.8 Å². The van der Waals surface area contributed by atoms with Crippen LogP contribution in [0.1, 0.15) is 283 Å². The van der Waals surface area contributed by atoms with Crippen molar-refractivity contribution in [3.8, 4) is 11.5 Å². The van der Waals surface area contributed by atoms with E-state index in [0.717, 1.165) is 102 Å². The molecule has 12 aliphatic rings. The van der Waals surface area contributed by atoms with Crippen molar-refractivity contribution in [3.63, 3.8) is 0 Å². The molecule has 0 bridgehead atoms. The predicted molar refractivity (Wildman–Crippen MR) is 508 cm³/mol. The fourth-order valence-corrected chi connectivity index (χ4v) is 16.5. The van der Waals surface area contributed by atoms with Gasteiger partial charge in [0, 0.05) is 162 Å². The Morgan fingerprint density at radius 1 is 0.424 bits per heavy atom. The van der Waals surface area contributed by atoms with Crippen LogP contribution in [-0.4, -0.2) is 234 Å². The fraction of sp³-hybridized carbons (Fsp3) is 0.747. The van der Waals surface area contributed by atoms with Gasteiger partial charge in [-0.15, -0.1) is 0 Å². The lowest BCUT2D eigenvalue weighted by Gasteiger charge is -2.32. The summed E-state index contributed by atoms with van der Waals surface area (Å²) in [4.78, 5) is 36.2. The summed E-state index contributed by atoms with van der Waals surface area (Å²) in [6.45, 7) is 26.3. The molecule has 22 nitrogen and oxygen atoms in total. The molecule has 674 valence electrons. The Bertz CT molecular complexity index is 2940. The van der Waals surface area contributed by atoms with Gasteiger partial charge in [0.15, 0.2) is 0 Å². The lowest BCUT2D eigenvalue weighted by Crippen LogP contribution is -2.43. The van der Waals surface area contributed by atoms with Crippen LogP contribution in [0.5, 0.6) is 11.5 Å². The van der Waals surface area contributed by atoms with E-state index in [9.17, 15) is 15.0 Å². The topological polar surface area (TPSA) is 373 Å². The molecule has 16 rings (SSSR count). The van der Waals surface area contributed by atoms with Gasteiger partial charge in [-0.05, 0) is 214 Å². The highest BCUT2D eigenvalue weighted by molar-refractivity contribution is 7.99. The normalized spacial score (nSPS) is 21.7. The number of nitrogens with one attached hydrogen (secondary N) is 1. The average Bonchev–Trinajstić information content (AvgIpc) is 0.881. The summed E-state index contributed by atoms with van der Waals surface area (Å²) in [7, 11) is 6.42. The Labute approximate surface area is 722 Å². The molecule has 7 saturated carbocycles. The standard InChI is InChI=1S/C16H21N3O.C15H19N3O.C6H12N2O.7C6H13N.C5H11NS.C5H12.C4H6N2.C2H3N/c1-18-8-3-9-19(11-10-18)12-13-5-6-15(20)16-14(13)4-2-7-17-16;1-17-7-9-18(10-8-17)11-12-4-5-14(19)15-13(12)3-2-6-16-15;1-7-2-4-8(6-9)5-3-7;7*7-6-4-2-1-3-5-6;6-5-1-3-7-4-2-5;1-5(2,3)4;5-4-1-2-6-3-4;1-2-3/h2,4-7,20H,3,8-12H2,1H3;2-6,19H,7-11H2,1H3;6H,2-5H2,1H3;7*6H,1-5,7H2;5H,1-4,6H2;1-4H3;1-4H,5H2;3H,1H2. The van der Waals surface area contributed by atoms with Crippen molar-refractivity contribution in [1.29, 1.82) is 5.41 Å². The number of piperazine rings is 2. The monoisotopic (exact) mass is 1660 g/mol. The molecule has 23 heteroatoms. The number of phenolic OH excluding ortho intramolecular Hbond substituents is 2. The van der Waals surface area contributed by atoms with E-state index in [4.69, 9.17) is 57.0 Å². The van der Waals surface area contributed by atoms with Crippen molar-refractivity contribution in [3.05, 3.63) is 90.9 Å². The number of aliphatic imine (C=N–C) groups is 1. The number of hydrogen-bond acceptors (Lipinski definition) is 22. The quantitative estimate of drug-likeness (QED) is 0.0652. The minimum Gasteiger partial charge on any atom is -0.506 e. The number of aromatic nitrogens is 2. The molecular formula is C95H175N19O3S. The zero-order valence-corrected chi connectivity index (χ0v) is 76.4. The SMILES string of the molecule is C=C=N.CC(C)(C)C.CN1CCCN(Cc2ccc(O)c3ncccc23)CC1.CN1CCN(C=O)CC1.CN1CCN(Cc2ccc(O)c3ncccc23)CC1.NC1C=CN=C1.NC1CCCCC1.NC1CCCCC1.NC1CCCCC1.NC1CCCCC1.NC1CCCCC1.NC1CCCCC1.NC1CCCCC1.NC1CCSCC1. The van der Waals surface area contributed by atoms with Crippen molar-refractivity contribution in [2.75, 3.05) is 111 Å². The van der Waals surface area contributed by atoms with Crippen molar-refractivity contribution in [1.82, 2.24) is 39.4 Å². The van der Waals surface area contributed by atoms with Crippen LogP contribution in [0.4, 0.5) is 0 Å². The first-order valence-corrected chi connectivity index (χ1v) is 47.5. The fourth-order valence-electron chi connectivity index (χ4n) is 15.4. The summed E-state index contributed by atoms with van der Waals surface area (Å²) >= 11 is 2.02. The second-order valence-electron chi connectivity index (χ2n) is 36.4. The van der Waals surface area contributed by atoms with Gasteiger partial charge in [0.2, 0.25) is 6.41 Å². The maximum absolute atomic E-state index is 10.2. The van der Waals surface area contributed by atoms with Crippen molar-refractivity contribution >= 4 is 52.1 Å². The minimum atomic E-state index is 0.0741. The number of amides is 1. The number of rotatable bonds is 5. The molecule has 1 atom stereocenters. The Kier molecular flexibility index (Phi) is 61.3. The lowest BCUT2D eigenvalue weighted by atomic mass is 9.97. The second-order valence-corrected chi connectivity index (χ2v) is 37.6. The van der Waals surface area contributed by atoms with Crippen LogP contribution in [0.3, 0.4) is 0 Å². The van der Waals surface area contributed by atoms with Gasteiger partial charge in [-0.25, -0.2) is 0 Å². The molecule has 2 aromatic carbocycles. The van der Waals surface area contributed by atoms with Gasteiger partial charge in [0.25, 0.3) is 0 Å². The number of carbonyl (C=O) groups excluding carboxylic acids is 1. The molecule has 1 unspecified atom stereocenters. The number of nitrogens with zero attached hydrogens (tertiary/aromatic N) is 9. The highest BCUT2D eigenvalue weighted by atomic mass is 32.2. The van der Waals surface area contributed by atoms with Crippen LogP contribution < -0.4 is 51.6 Å². The molecule has 2 aromatic heterocycles. The van der Waals surface area contributed by atoms with Gasteiger partial charge >= 0.3 is 0 Å². The summed E-state index contributed by atoms with van der Waals surface area (Å²) < 4.78 is 0. The van der Waals surface area contributed by atoms with Gasteiger partial charge in [-0.2, -0.15) is 11.8 Å². The number of carbonyl (C=O) groups is 1. The van der Waals surface area contributed by atoms with E-state index in [2.05, 4.69) is 94.9 Å². The molecule has 1 amide bonds. The highest BCUT2D eigenvalue weighted by Gasteiger charge is 2.19. The van der Waals surface area contributed by atoms with Crippen LogP contribution in [-0.2, 0) is 17.9 Å². The number of benzene rings is 2. The molecule has 118 heavy (non-hydrogen) atoms. The van der Waals surface area contributed by atoms with Crippen molar-refractivity contribution in [2.24, 2.45) is 62.0 Å². The maximum Gasteiger partial charge on any atom is 0.209 e. The van der Waals surface area contributed by atoms with Gasteiger partial charge in [0.05, 0.1) is 6.04 Å². The number of fused-ring (bicyclic) bond motifs is 2. The lowest BCUT2D eigenvalue weighted by molar-refractivity contribution is -0.119. The molecule has 0 radical (unpaired) electrons. The molecule has 11 fully saturated rings. The summed E-state index contributed by atoms with van der Waals surface area (Å²) in [6, 6.07) is 19.8. The van der Waals surface area contributed by atoms with Crippen molar-refractivity contribution in [2.45, 2.75) is 339 Å². The first-order chi connectivity index (χ1) is 56.8. The number of aromatic hydroxyl groups is 2. The van der Waals surface area contributed by atoms with Crippen LogP contribution in [0.2, 0.25) is 0 Å². The first-order valence-electron chi connectivity index (χ1n) is 46.3.